The Morgan fingerprint density at radius 3 is 2.41 bits per heavy atom. The Morgan fingerprint density at radius 1 is 1.36 bits per heavy atom. The number of rotatable bonds is 4. The zero-order valence-corrected chi connectivity index (χ0v) is 15.5. The van der Waals surface area contributed by atoms with Crippen LogP contribution in [-0.2, 0) is 21.2 Å². The highest BCUT2D eigenvalue weighted by Gasteiger charge is 2.49. The Morgan fingerprint density at radius 2 is 1.95 bits per heavy atom. The summed E-state index contributed by atoms with van der Waals surface area (Å²) >= 11 is 1.63. The molecule has 1 aliphatic heterocycles. The number of sulfone groups is 1. The van der Waals surface area contributed by atoms with Gasteiger partial charge in [-0.2, -0.15) is 0 Å². The highest BCUT2D eigenvalue weighted by Crippen LogP contribution is 2.30. The van der Waals surface area contributed by atoms with E-state index in [9.17, 15) is 13.2 Å². The molecule has 1 fully saturated rings. The summed E-state index contributed by atoms with van der Waals surface area (Å²) in [6.45, 7) is 3.60. The first-order valence-electron chi connectivity index (χ1n) is 6.97. The summed E-state index contributed by atoms with van der Waals surface area (Å²) in [6, 6.07) is 3.99. The van der Waals surface area contributed by atoms with Gasteiger partial charge in [0.1, 0.15) is 0 Å². The molecule has 1 saturated heterocycles. The average molecular weight is 367 g/mol. The number of piperidine rings is 1. The fourth-order valence-corrected chi connectivity index (χ4v) is 5.16. The molecule has 1 aromatic heterocycles. The van der Waals surface area contributed by atoms with Crippen molar-refractivity contribution in [3.05, 3.63) is 21.9 Å². The zero-order chi connectivity index (χ0) is 15.7. The molecule has 1 N–H and O–H groups in total. The molecule has 126 valence electrons. The second-order valence-electron chi connectivity index (χ2n) is 5.69. The molecule has 0 radical (unpaired) electrons. The third-order valence-electron chi connectivity index (χ3n) is 4.05. The first kappa shape index (κ1) is 19.4. The maximum Gasteiger partial charge on any atom is 0.244 e. The minimum atomic E-state index is -3.45. The van der Waals surface area contributed by atoms with Crippen molar-refractivity contribution in [3.8, 4) is 0 Å². The van der Waals surface area contributed by atoms with Crippen molar-refractivity contribution < 1.29 is 13.2 Å². The first-order valence-corrected chi connectivity index (χ1v) is 9.68. The third kappa shape index (κ3) is 3.82. The van der Waals surface area contributed by atoms with Gasteiger partial charge >= 0.3 is 0 Å². The Hall–Kier alpha value is -0.630. The summed E-state index contributed by atoms with van der Waals surface area (Å²) in [6.07, 6.45) is 1.87. The molecule has 0 unspecified atom stereocenters. The van der Waals surface area contributed by atoms with Gasteiger partial charge in [0.2, 0.25) is 5.91 Å². The number of hydrogen-bond acceptors (Lipinski definition) is 5. The molecule has 2 heterocycles. The normalized spacial score (nSPS) is 17.6. The van der Waals surface area contributed by atoms with Gasteiger partial charge in [0.05, 0.1) is 6.54 Å². The van der Waals surface area contributed by atoms with Gasteiger partial charge in [-0.1, -0.05) is 0 Å². The van der Waals surface area contributed by atoms with Crippen LogP contribution < -0.4 is 5.32 Å². The quantitative estimate of drug-likeness (QED) is 0.879. The summed E-state index contributed by atoms with van der Waals surface area (Å²) < 4.78 is 23.2. The topological polar surface area (TPSA) is 66.5 Å². The number of carbonyl (C=O) groups is 1. The molecule has 0 saturated carbocycles. The number of amides is 1. The van der Waals surface area contributed by atoms with Gasteiger partial charge < -0.3 is 10.2 Å². The van der Waals surface area contributed by atoms with Crippen LogP contribution in [0.4, 0.5) is 0 Å². The van der Waals surface area contributed by atoms with E-state index in [4.69, 9.17) is 0 Å². The first-order chi connectivity index (χ1) is 9.76. The lowest BCUT2D eigenvalue weighted by Gasteiger charge is -2.37. The summed E-state index contributed by atoms with van der Waals surface area (Å²) in [5, 5.41) is 3.13. The Bertz CT molecular complexity index is 622. The lowest BCUT2D eigenvalue weighted by molar-refractivity contribution is -0.133. The number of halogens is 1. The van der Waals surface area contributed by atoms with Crippen molar-refractivity contribution in [1.82, 2.24) is 10.2 Å². The van der Waals surface area contributed by atoms with Gasteiger partial charge in [-0.3, -0.25) is 4.79 Å². The van der Waals surface area contributed by atoms with E-state index in [2.05, 4.69) is 5.32 Å². The van der Waals surface area contributed by atoms with E-state index in [-0.39, 0.29) is 18.3 Å². The third-order valence-corrected chi connectivity index (χ3v) is 7.03. The van der Waals surface area contributed by atoms with Gasteiger partial charge in [-0.05, 0) is 45.0 Å². The number of nitrogens with zero attached hydrogens (tertiary/aromatic N) is 1. The van der Waals surface area contributed by atoms with Gasteiger partial charge in [0.15, 0.2) is 14.6 Å². The Balaban J connectivity index is 0.00000242. The van der Waals surface area contributed by atoms with Crippen molar-refractivity contribution in [3.63, 3.8) is 0 Å². The SMILES string of the molecule is Cc1ccc(CN(C)C(=O)C2(S(C)(=O)=O)CCNCC2)s1.Cl. The van der Waals surface area contributed by atoms with E-state index in [0.717, 1.165) is 4.88 Å². The number of hydrogen-bond donors (Lipinski definition) is 1. The van der Waals surface area contributed by atoms with Crippen molar-refractivity contribution in [2.75, 3.05) is 26.4 Å². The average Bonchev–Trinajstić information content (AvgIpc) is 2.82. The summed E-state index contributed by atoms with van der Waals surface area (Å²) in [5.74, 6) is -0.280. The lowest BCUT2D eigenvalue weighted by Crippen LogP contribution is -2.57. The van der Waals surface area contributed by atoms with Gasteiger partial charge in [0.25, 0.3) is 0 Å². The summed E-state index contributed by atoms with van der Waals surface area (Å²) in [7, 11) is -1.76. The minimum absolute atomic E-state index is 0. The fourth-order valence-electron chi connectivity index (χ4n) is 2.80. The number of thiophene rings is 1. The molecule has 5 nitrogen and oxygen atoms in total. The van der Waals surface area contributed by atoms with Crippen molar-refractivity contribution in [2.45, 2.75) is 31.1 Å². The molecule has 1 amide bonds. The largest absolute Gasteiger partial charge is 0.339 e. The van der Waals surface area contributed by atoms with Crippen molar-refractivity contribution in [1.29, 1.82) is 0 Å². The Labute approximate surface area is 142 Å². The molecule has 1 aliphatic rings. The highest BCUT2D eigenvalue weighted by atomic mass is 35.5. The van der Waals surface area contributed by atoms with E-state index in [0.29, 0.717) is 32.5 Å². The maximum atomic E-state index is 12.8. The standard InChI is InChI=1S/C14H22N2O3S2.ClH/c1-11-4-5-12(20-11)10-16(2)13(17)14(21(3,18)19)6-8-15-9-7-14;/h4-5,15H,6-10H2,1-3H3;1H. The fraction of sp³-hybridized carbons (Fsp3) is 0.643. The van der Waals surface area contributed by atoms with Gasteiger partial charge in [-0.25, -0.2) is 8.42 Å². The lowest BCUT2D eigenvalue weighted by atomic mass is 9.95. The predicted molar refractivity (Wildman–Crippen MR) is 92.5 cm³/mol. The molecule has 0 bridgehead atoms. The summed E-state index contributed by atoms with van der Waals surface area (Å²) in [4.78, 5) is 16.6. The molecule has 0 atom stereocenters. The number of nitrogens with one attached hydrogen (secondary N) is 1. The van der Waals surface area contributed by atoms with E-state index in [1.807, 2.05) is 19.1 Å². The molecular formula is C14H23ClN2O3S2. The van der Waals surface area contributed by atoms with Crippen LogP contribution in [0.3, 0.4) is 0 Å². The van der Waals surface area contributed by atoms with Gasteiger partial charge in [0, 0.05) is 23.1 Å². The second-order valence-corrected chi connectivity index (χ2v) is 9.39. The monoisotopic (exact) mass is 366 g/mol. The van der Waals surface area contributed by atoms with E-state index < -0.39 is 14.6 Å². The van der Waals surface area contributed by atoms with Crippen LogP contribution in [0, 0.1) is 6.92 Å². The van der Waals surface area contributed by atoms with Crippen LogP contribution in [0.15, 0.2) is 12.1 Å². The minimum Gasteiger partial charge on any atom is -0.339 e. The number of carbonyl (C=O) groups excluding carboxylic acids is 1. The molecule has 1 aromatic rings. The predicted octanol–water partition coefficient (Wildman–Crippen LogP) is 1.60. The van der Waals surface area contributed by atoms with Crippen LogP contribution in [0.25, 0.3) is 0 Å². The number of aryl methyl sites for hydroxylation is 1. The van der Waals surface area contributed by atoms with E-state index >= 15 is 0 Å². The molecule has 8 heteroatoms. The van der Waals surface area contributed by atoms with Crippen LogP contribution in [0.5, 0.6) is 0 Å². The highest BCUT2D eigenvalue weighted by molar-refractivity contribution is 7.92. The van der Waals surface area contributed by atoms with E-state index in [1.54, 1.807) is 23.3 Å². The van der Waals surface area contributed by atoms with Gasteiger partial charge in [-0.15, -0.1) is 23.7 Å². The smallest absolute Gasteiger partial charge is 0.244 e. The molecule has 0 aliphatic carbocycles. The second kappa shape index (κ2) is 7.29. The Kier molecular flexibility index (Phi) is 6.44. The van der Waals surface area contributed by atoms with Crippen molar-refractivity contribution >= 4 is 39.5 Å². The molecule has 0 aromatic carbocycles. The molecule has 0 spiro atoms. The molecule has 2 rings (SSSR count). The molecule has 22 heavy (non-hydrogen) atoms. The van der Waals surface area contributed by atoms with Crippen LogP contribution >= 0.6 is 23.7 Å². The maximum absolute atomic E-state index is 12.8. The van der Waals surface area contributed by atoms with Crippen LogP contribution in [0.2, 0.25) is 0 Å². The zero-order valence-electron chi connectivity index (χ0n) is 13.1. The molecular weight excluding hydrogens is 344 g/mol. The van der Waals surface area contributed by atoms with Crippen LogP contribution in [0.1, 0.15) is 22.6 Å². The van der Waals surface area contributed by atoms with Crippen LogP contribution in [-0.4, -0.2) is 50.4 Å². The summed E-state index contributed by atoms with van der Waals surface area (Å²) in [5.41, 5.74) is 0. The van der Waals surface area contributed by atoms with E-state index in [1.165, 1.54) is 11.1 Å². The van der Waals surface area contributed by atoms with Crippen molar-refractivity contribution in [2.24, 2.45) is 0 Å².